The predicted octanol–water partition coefficient (Wildman–Crippen LogP) is 3.64. The number of ketones is 1. The zero-order chi connectivity index (χ0) is 22.5. The van der Waals surface area contributed by atoms with Crippen LogP contribution in [0, 0.1) is 6.92 Å². The number of hydrogen-bond donors (Lipinski definition) is 3. The van der Waals surface area contributed by atoms with E-state index in [1.165, 1.54) is 4.90 Å². The van der Waals surface area contributed by atoms with Crippen LogP contribution in [0.1, 0.15) is 53.7 Å². The first-order valence-electron chi connectivity index (χ1n) is 10.3. The summed E-state index contributed by atoms with van der Waals surface area (Å²) in [5.74, 6) is -2.73. The fourth-order valence-electron chi connectivity index (χ4n) is 3.99. The van der Waals surface area contributed by atoms with Crippen molar-refractivity contribution < 1.29 is 24.7 Å². The quantitative estimate of drug-likeness (QED) is 0.342. The first kappa shape index (κ1) is 22.2. The molecule has 7 heteroatoms. The Morgan fingerprint density at radius 2 is 1.74 bits per heavy atom. The van der Waals surface area contributed by atoms with Crippen LogP contribution >= 0.6 is 0 Å². The zero-order valence-electron chi connectivity index (χ0n) is 17.5. The van der Waals surface area contributed by atoms with Gasteiger partial charge in [0.25, 0.3) is 11.8 Å². The summed E-state index contributed by atoms with van der Waals surface area (Å²) in [6.07, 6.45) is 1.66. The van der Waals surface area contributed by atoms with E-state index in [4.69, 9.17) is 0 Å². The first-order chi connectivity index (χ1) is 14.9. The number of nitrogens with one attached hydrogen (secondary N) is 1. The SMILES string of the molecule is CCCCC(C(=O)NO)N1C(=O)C(O)=C(C(=O)c2ccccc2)C1c1ccccc1C. The molecule has 162 valence electrons. The van der Waals surface area contributed by atoms with Gasteiger partial charge < -0.3 is 10.0 Å². The predicted molar refractivity (Wildman–Crippen MR) is 114 cm³/mol. The highest BCUT2D eigenvalue weighted by Gasteiger charge is 2.48. The number of aliphatic hydroxyl groups excluding tert-OH is 1. The number of rotatable bonds is 8. The first-order valence-corrected chi connectivity index (χ1v) is 10.3. The Balaban J connectivity index is 2.18. The second kappa shape index (κ2) is 9.57. The lowest BCUT2D eigenvalue weighted by Gasteiger charge is -2.33. The summed E-state index contributed by atoms with van der Waals surface area (Å²) in [4.78, 5) is 40.3. The largest absolute Gasteiger partial charge is 0.503 e. The number of hydroxylamine groups is 1. The fraction of sp³-hybridized carbons (Fsp3) is 0.292. The van der Waals surface area contributed by atoms with Gasteiger partial charge in [0.15, 0.2) is 11.5 Å². The minimum atomic E-state index is -1.05. The molecule has 2 unspecified atom stereocenters. The molecule has 1 heterocycles. The Morgan fingerprint density at radius 1 is 1.10 bits per heavy atom. The molecule has 0 bridgehead atoms. The summed E-state index contributed by atoms with van der Waals surface area (Å²) in [5.41, 5.74) is 3.32. The maximum atomic E-state index is 13.4. The van der Waals surface area contributed by atoms with E-state index in [1.54, 1.807) is 47.9 Å². The molecule has 0 aromatic heterocycles. The lowest BCUT2D eigenvalue weighted by Crippen LogP contribution is -2.49. The van der Waals surface area contributed by atoms with Crippen molar-refractivity contribution in [1.29, 1.82) is 0 Å². The summed E-state index contributed by atoms with van der Waals surface area (Å²) < 4.78 is 0. The van der Waals surface area contributed by atoms with Gasteiger partial charge in [-0.3, -0.25) is 19.6 Å². The maximum Gasteiger partial charge on any atom is 0.290 e. The molecule has 7 nitrogen and oxygen atoms in total. The monoisotopic (exact) mass is 422 g/mol. The Morgan fingerprint density at radius 3 is 2.35 bits per heavy atom. The Labute approximate surface area is 181 Å². The summed E-state index contributed by atoms with van der Waals surface area (Å²) in [7, 11) is 0. The van der Waals surface area contributed by atoms with Gasteiger partial charge in [-0.2, -0.15) is 0 Å². The smallest absolute Gasteiger partial charge is 0.290 e. The van der Waals surface area contributed by atoms with E-state index in [2.05, 4.69) is 0 Å². The van der Waals surface area contributed by atoms with Crippen molar-refractivity contribution in [3.63, 3.8) is 0 Å². The molecule has 2 aromatic carbocycles. The molecule has 0 aliphatic carbocycles. The molecule has 2 amide bonds. The summed E-state index contributed by atoms with van der Waals surface area (Å²) >= 11 is 0. The van der Waals surface area contributed by atoms with Gasteiger partial charge in [0.1, 0.15) is 6.04 Å². The fourth-order valence-corrected chi connectivity index (χ4v) is 3.99. The van der Waals surface area contributed by atoms with Crippen molar-refractivity contribution >= 4 is 17.6 Å². The van der Waals surface area contributed by atoms with Gasteiger partial charge in [0, 0.05) is 5.56 Å². The van der Waals surface area contributed by atoms with Crippen LogP contribution in [0.2, 0.25) is 0 Å². The minimum absolute atomic E-state index is 0.0715. The minimum Gasteiger partial charge on any atom is -0.503 e. The second-order valence-corrected chi connectivity index (χ2v) is 7.56. The highest BCUT2D eigenvalue weighted by atomic mass is 16.5. The third-order valence-corrected chi connectivity index (χ3v) is 5.59. The molecule has 1 aliphatic heterocycles. The van der Waals surface area contributed by atoms with E-state index in [1.807, 2.05) is 26.0 Å². The third-order valence-electron chi connectivity index (χ3n) is 5.59. The van der Waals surface area contributed by atoms with Crippen molar-refractivity contribution in [1.82, 2.24) is 10.4 Å². The van der Waals surface area contributed by atoms with Crippen molar-refractivity contribution in [2.24, 2.45) is 0 Å². The number of hydrogen-bond acceptors (Lipinski definition) is 5. The van der Waals surface area contributed by atoms with Gasteiger partial charge >= 0.3 is 0 Å². The molecule has 2 atom stereocenters. The van der Waals surface area contributed by atoms with E-state index in [-0.39, 0.29) is 12.0 Å². The van der Waals surface area contributed by atoms with Crippen molar-refractivity contribution in [3.8, 4) is 0 Å². The zero-order valence-corrected chi connectivity index (χ0v) is 17.5. The molecule has 0 saturated carbocycles. The topological polar surface area (TPSA) is 107 Å². The van der Waals surface area contributed by atoms with Crippen LogP contribution in [0.3, 0.4) is 0 Å². The summed E-state index contributed by atoms with van der Waals surface area (Å²) in [6.45, 7) is 3.78. The number of benzene rings is 2. The standard InChI is InChI=1S/C24H26N2O5/c1-3-4-14-18(23(29)25-31)26-20(17-13-9-8-10-15(17)2)19(22(28)24(26)30)21(27)16-11-6-5-7-12-16/h5-13,18,20,28,31H,3-4,14H2,1-2H3,(H,25,29). The molecular formula is C24H26N2O5. The molecular weight excluding hydrogens is 396 g/mol. The van der Waals surface area contributed by atoms with E-state index in [0.717, 1.165) is 12.0 Å². The lowest BCUT2D eigenvalue weighted by molar-refractivity contribution is -0.144. The molecule has 0 fully saturated rings. The van der Waals surface area contributed by atoms with Crippen LogP contribution in [0.15, 0.2) is 65.9 Å². The average molecular weight is 422 g/mol. The normalized spacial score (nSPS) is 17.1. The van der Waals surface area contributed by atoms with Crippen molar-refractivity contribution in [2.45, 2.75) is 45.2 Å². The number of nitrogens with zero attached hydrogens (tertiary/aromatic N) is 1. The molecule has 0 saturated heterocycles. The van der Waals surface area contributed by atoms with Crippen LogP contribution in [0.4, 0.5) is 0 Å². The van der Waals surface area contributed by atoms with Gasteiger partial charge in [-0.05, 0) is 24.5 Å². The number of amides is 2. The van der Waals surface area contributed by atoms with Crippen LogP contribution in [-0.2, 0) is 9.59 Å². The van der Waals surface area contributed by atoms with E-state index in [0.29, 0.717) is 17.5 Å². The number of Topliss-reactive ketones (excluding diaryl/α,β-unsaturated/α-hetero) is 1. The highest BCUT2D eigenvalue weighted by molar-refractivity contribution is 6.16. The molecule has 3 N–H and O–H groups in total. The van der Waals surface area contributed by atoms with Gasteiger partial charge in [-0.1, -0.05) is 74.4 Å². The molecule has 1 aliphatic rings. The van der Waals surface area contributed by atoms with Gasteiger partial charge in [0.05, 0.1) is 11.6 Å². The maximum absolute atomic E-state index is 13.4. The van der Waals surface area contributed by atoms with Gasteiger partial charge in [0.2, 0.25) is 0 Å². The van der Waals surface area contributed by atoms with E-state index >= 15 is 0 Å². The van der Waals surface area contributed by atoms with Crippen LogP contribution in [0.5, 0.6) is 0 Å². The van der Waals surface area contributed by atoms with Crippen LogP contribution in [0.25, 0.3) is 0 Å². The number of carbonyl (C=O) groups is 3. The molecule has 0 spiro atoms. The lowest BCUT2D eigenvalue weighted by atomic mass is 9.89. The van der Waals surface area contributed by atoms with Gasteiger partial charge in [-0.25, -0.2) is 5.48 Å². The number of unbranched alkanes of at least 4 members (excludes halogenated alkanes) is 1. The molecule has 31 heavy (non-hydrogen) atoms. The second-order valence-electron chi connectivity index (χ2n) is 7.56. The molecule has 0 radical (unpaired) electrons. The molecule has 2 aromatic rings. The highest BCUT2D eigenvalue weighted by Crippen LogP contribution is 2.42. The Bertz CT molecular complexity index is 1020. The van der Waals surface area contributed by atoms with Crippen molar-refractivity contribution in [2.75, 3.05) is 0 Å². The Hall–Kier alpha value is -3.45. The van der Waals surface area contributed by atoms with E-state index < -0.39 is 35.4 Å². The summed E-state index contributed by atoms with van der Waals surface area (Å²) in [6, 6.07) is 13.6. The number of aryl methyl sites for hydroxylation is 1. The van der Waals surface area contributed by atoms with Crippen LogP contribution in [-0.4, -0.2) is 38.9 Å². The third kappa shape index (κ3) is 4.22. The summed E-state index contributed by atoms with van der Waals surface area (Å²) in [5, 5.41) is 20.1. The van der Waals surface area contributed by atoms with Crippen LogP contribution < -0.4 is 5.48 Å². The number of aliphatic hydroxyl groups is 1. The average Bonchev–Trinajstić information content (AvgIpc) is 3.05. The van der Waals surface area contributed by atoms with E-state index in [9.17, 15) is 24.7 Å². The number of carbonyl (C=O) groups excluding carboxylic acids is 3. The van der Waals surface area contributed by atoms with Crippen molar-refractivity contribution in [3.05, 3.63) is 82.6 Å². The van der Waals surface area contributed by atoms with Gasteiger partial charge in [-0.15, -0.1) is 0 Å². The Kier molecular flexibility index (Phi) is 6.87. The molecule has 3 rings (SSSR count).